The third kappa shape index (κ3) is 5.36. The van der Waals surface area contributed by atoms with Gasteiger partial charge in [0, 0.05) is 0 Å². The van der Waals surface area contributed by atoms with Crippen LogP contribution in [0.1, 0.15) is 11.1 Å². The molecule has 2 aromatic carbocycles. The van der Waals surface area contributed by atoms with E-state index in [0.29, 0.717) is 13.2 Å². The number of epoxide rings is 1. The highest BCUT2D eigenvalue weighted by atomic mass is 16.6. The zero-order valence-electron chi connectivity index (χ0n) is 14.0. The van der Waals surface area contributed by atoms with Crippen molar-refractivity contribution in [2.75, 3.05) is 13.2 Å². The van der Waals surface area contributed by atoms with Gasteiger partial charge in [0.25, 0.3) is 0 Å². The van der Waals surface area contributed by atoms with Crippen molar-refractivity contribution in [1.82, 2.24) is 0 Å². The van der Waals surface area contributed by atoms with E-state index in [0.717, 1.165) is 11.1 Å². The molecule has 1 aliphatic heterocycles. The minimum atomic E-state index is -0.825. The number of ether oxygens (including phenoxy) is 3. The summed E-state index contributed by atoms with van der Waals surface area (Å²) >= 11 is 0. The summed E-state index contributed by atoms with van der Waals surface area (Å²) in [7, 11) is 0. The Kier molecular flexibility index (Phi) is 6.55. The normalized spacial score (nSPS) is 21.7. The number of aliphatic hydroxyl groups excluding tert-OH is 2. The SMILES string of the molecule is OCC1OC1[C@@H](OCc1ccccc1)[C@H](O)COCc1ccccc1. The Hall–Kier alpha value is -1.76. The van der Waals surface area contributed by atoms with E-state index in [1.165, 1.54) is 0 Å². The van der Waals surface area contributed by atoms with Crippen LogP contribution in [0.2, 0.25) is 0 Å². The summed E-state index contributed by atoms with van der Waals surface area (Å²) in [6.45, 7) is 0.872. The topological polar surface area (TPSA) is 71.5 Å². The van der Waals surface area contributed by atoms with Gasteiger partial charge in [-0.1, -0.05) is 60.7 Å². The van der Waals surface area contributed by atoms with E-state index in [9.17, 15) is 10.2 Å². The van der Waals surface area contributed by atoms with Crippen LogP contribution in [0, 0.1) is 0 Å². The Bertz CT molecular complexity index is 618. The second-order valence-corrected chi connectivity index (χ2v) is 6.15. The molecule has 0 radical (unpaired) electrons. The first-order valence-corrected chi connectivity index (χ1v) is 8.49. The molecule has 1 aliphatic rings. The van der Waals surface area contributed by atoms with Gasteiger partial charge >= 0.3 is 0 Å². The van der Waals surface area contributed by atoms with E-state index in [1.54, 1.807) is 0 Å². The Balaban J connectivity index is 1.51. The lowest BCUT2D eigenvalue weighted by Crippen LogP contribution is -2.38. The molecule has 1 fully saturated rings. The Morgan fingerprint density at radius 1 is 0.920 bits per heavy atom. The van der Waals surface area contributed by atoms with Crippen molar-refractivity contribution in [3.8, 4) is 0 Å². The molecule has 0 aliphatic carbocycles. The highest BCUT2D eigenvalue weighted by molar-refractivity contribution is 5.14. The molecule has 134 valence electrons. The first-order chi connectivity index (χ1) is 12.3. The fraction of sp³-hybridized carbons (Fsp3) is 0.400. The summed E-state index contributed by atoms with van der Waals surface area (Å²) in [6.07, 6.45) is -1.93. The molecule has 0 aromatic heterocycles. The van der Waals surface area contributed by atoms with E-state index >= 15 is 0 Å². The standard InChI is InChI=1S/C20H24O5/c21-11-18-20(25-18)19(24-13-16-9-5-2-6-10-16)17(22)14-23-12-15-7-3-1-4-8-15/h1-10,17-22H,11-14H2/t17-,18?,19+,20?/m1/s1. The van der Waals surface area contributed by atoms with E-state index in [4.69, 9.17) is 14.2 Å². The molecule has 1 heterocycles. The van der Waals surface area contributed by atoms with Gasteiger partial charge in [0.05, 0.1) is 26.4 Å². The van der Waals surface area contributed by atoms with Crippen molar-refractivity contribution in [2.24, 2.45) is 0 Å². The van der Waals surface area contributed by atoms with Crippen LogP contribution in [0.4, 0.5) is 0 Å². The highest BCUT2D eigenvalue weighted by Gasteiger charge is 2.48. The van der Waals surface area contributed by atoms with Gasteiger partial charge in [-0.05, 0) is 11.1 Å². The average Bonchev–Trinajstić information content (AvgIpc) is 3.43. The predicted octanol–water partition coefficient (Wildman–Crippen LogP) is 1.91. The summed E-state index contributed by atoms with van der Waals surface area (Å²) in [6, 6.07) is 19.6. The van der Waals surface area contributed by atoms with Gasteiger partial charge in [-0.3, -0.25) is 0 Å². The zero-order chi connectivity index (χ0) is 17.5. The summed E-state index contributed by atoms with van der Waals surface area (Å²) in [5.41, 5.74) is 2.07. The van der Waals surface area contributed by atoms with Gasteiger partial charge in [0.15, 0.2) is 0 Å². The Morgan fingerprint density at radius 2 is 1.52 bits per heavy atom. The molecule has 5 nitrogen and oxygen atoms in total. The molecule has 25 heavy (non-hydrogen) atoms. The lowest BCUT2D eigenvalue weighted by molar-refractivity contribution is -0.0900. The maximum atomic E-state index is 10.5. The van der Waals surface area contributed by atoms with Crippen LogP contribution >= 0.6 is 0 Å². The van der Waals surface area contributed by atoms with Crippen LogP contribution < -0.4 is 0 Å². The van der Waals surface area contributed by atoms with Crippen LogP contribution in [0.3, 0.4) is 0 Å². The molecule has 0 saturated carbocycles. The molecular formula is C20H24O5. The lowest BCUT2D eigenvalue weighted by Gasteiger charge is -2.22. The smallest absolute Gasteiger partial charge is 0.115 e. The first kappa shape index (κ1) is 18.0. The maximum absolute atomic E-state index is 10.5. The van der Waals surface area contributed by atoms with E-state index in [-0.39, 0.29) is 25.4 Å². The average molecular weight is 344 g/mol. The van der Waals surface area contributed by atoms with Crippen molar-refractivity contribution in [3.05, 3.63) is 71.8 Å². The van der Waals surface area contributed by atoms with E-state index in [1.807, 2.05) is 60.7 Å². The third-order valence-corrected chi connectivity index (χ3v) is 4.19. The number of benzene rings is 2. The van der Waals surface area contributed by atoms with E-state index in [2.05, 4.69) is 0 Å². The molecule has 2 unspecified atom stereocenters. The van der Waals surface area contributed by atoms with Crippen LogP contribution in [-0.2, 0) is 27.4 Å². The minimum absolute atomic E-state index is 0.0759. The summed E-state index contributed by atoms with van der Waals surface area (Å²) in [5, 5.41) is 19.7. The second kappa shape index (κ2) is 9.08. The molecule has 2 aromatic rings. The molecule has 0 bridgehead atoms. The quantitative estimate of drug-likeness (QED) is 0.644. The number of hydrogen-bond donors (Lipinski definition) is 2. The molecule has 0 spiro atoms. The number of rotatable bonds is 10. The second-order valence-electron chi connectivity index (χ2n) is 6.15. The molecule has 0 amide bonds. The molecule has 3 rings (SSSR count). The highest BCUT2D eigenvalue weighted by Crippen LogP contribution is 2.29. The van der Waals surface area contributed by atoms with Crippen LogP contribution in [0.15, 0.2) is 60.7 Å². The molecule has 2 N–H and O–H groups in total. The molecule has 1 saturated heterocycles. The van der Waals surface area contributed by atoms with Gasteiger partial charge in [0.2, 0.25) is 0 Å². The van der Waals surface area contributed by atoms with Gasteiger partial charge in [0.1, 0.15) is 24.4 Å². The van der Waals surface area contributed by atoms with Crippen molar-refractivity contribution in [3.63, 3.8) is 0 Å². The van der Waals surface area contributed by atoms with Crippen molar-refractivity contribution in [2.45, 2.75) is 37.6 Å². The number of aliphatic hydroxyl groups is 2. The van der Waals surface area contributed by atoms with Crippen molar-refractivity contribution in [1.29, 1.82) is 0 Å². The summed E-state index contributed by atoms with van der Waals surface area (Å²) in [4.78, 5) is 0. The van der Waals surface area contributed by atoms with Crippen LogP contribution in [0.25, 0.3) is 0 Å². The molecule has 5 heteroatoms. The monoisotopic (exact) mass is 344 g/mol. The Labute approximate surface area is 147 Å². The zero-order valence-corrected chi connectivity index (χ0v) is 14.0. The third-order valence-electron chi connectivity index (χ3n) is 4.19. The number of hydrogen-bond acceptors (Lipinski definition) is 5. The summed E-state index contributed by atoms with van der Waals surface area (Å²) < 4.78 is 16.9. The van der Waals surface area contributed by atoms with Gasteiger partial charge in [-0.2, -0.15) is 0 Å². The maximum Gasteiger partial charge on any atom is 0.115 e. The van der Waals surface area contributed by atoms with Crippen LogP contribution in [-0.4, -0.2) is 47.8 Å². The fourth-order valence-electron chi connectivity index (χ4n) is 2.75. The van der Waals surface area contributed by atoms with Gasteiger partial charge < -0.3 is 24.4 Å². The van der Waals surface area contributed by atoms with Crippen molar-refractivity contribution < 1.29 is 24.4 Å². The lowest BCUT2D eigenvalue weighted by atomic mass is 10.1. The largest absolute Gasteiger partial charge is 0.394 e. The minimum Gasteiger partial charge on any atom is -0.394 e. The molecule has 4 atom stereocenters. The fourth-order valence-corrected chi connectivity index (χ4v) is 2.75. The Morgan fingerprint density at radius 3 is 2.08 bits per heavy atom. The van der Waals surface area contributed by atoms with Crippen LogP contribution in [0.5, 0.6) is 0 Å². The predicted molar refractivity (Wildman–Crippen MR) is 92.9 cm³/mol. The summed E-state index contributed by atoms with van der Waals surface area (Å²) in [5.74, 6) is 0. The molecular weight excluding hydrogens is 320 g/mol. The first-order valence-electron chi connectivity index (χ1n) is 8.49. The van der Waals surface area contributed by atoms with Gasteiger partial charge in [-0.25, -0.2) is 0 Å². The van der Waals surface area contributed by atoms with Crippen molar-refractivity contribution >= 4 is 0 Å². The van der Waals surface area contributed by atoms with Gasteiger partial charge in [-0.15, -0.1) is 0 Å². The van der Waals surface area contributed by atoms with E-state index < -0.39 is 12.2 Å².